The number of methoxy groups -OCH3 is 4. The number of aliphatic carboxylic acids is 1. The highest BCUT2D eigenvalue weighted by Gasteiger charge is 2.39. The molecule has 18 N–H and O–H groups in total. The number of hydrogen-bond donors (Lipinski definition) is 14. The van der Waals surface area contributed by atoms with Gasteiger partial charge in [-0.3, -0.25) is 73.1 Å². The average molecular weight is 1770 g/mol. The van der Waals surface area contributed by atoms with Crippen LogP contribution < -0.4 is 68.5 Å². The fraction of sp³-hybridized carbons (Fsp3) is 0.333. The molecule has 4 aliphatic rings. The molecule has 0 unspecified atom stereocenters. The number of fused-ring (bicyclic) bond motifs is 4. The Bertz CT molecular complexity index is 5770. The highest BCUT2D eigenvalue weighted by atomic mass is 16.5. The standard InChI is InChI=1S/3C21H23N7O4.C12H16N4.C9H9N3O5/c3*1-11-3-4-16(12-5-13-8-25-27-18(13)23-7-12)28(10-11)21(31)19(30)26-14-6-15(17(22)29)20(32-2)24-9-14;1-8-2-3-11(13-5-8)9-4-10-7-15-16-12(10)14-6-9;1-17-8-5(6(10)13)2-4(3-11-8)12-7(14)9(15)16/h3*5-9,11,16H,3-4,10H2,1-2H3,(H2,22,29)(H,26,30)(H,23,25,27);4,6-8,11,13H,2-3,5H2,1H3,(H,14,15,16);2-3H,1H3,(H2,10,13)(H,12,14)(H,15,16)/t3*11-,16+;8-,11+;/m1000./s1. The number of primary amides is 4. The molecule has 672 valence electrons. The van der Waals surface area contributed by atoms with Crippen LogP contribution in [0.4, 0.5) is 22.7 Å². The zero-order valence-corrected chi connectivity index (χ0v) is 71.1. The number of carboxylic acid groups (broad SMARTS) is 1. The number of amides is 11. The van der Waals surface area contributed by atoms with Crippen LogP contribution in [0.25, 0.3) is 44.1 Å². The largest absolute Gasteiger partial charge is 0.480 e. The molecule has 12 aromatic heterocycles. The Labute approximate surface area is 733 Å². The van der Waals surface area contributed by atoms with Gasteiger partial charge in [-0.05, 0) is 152 Å². The number of H-pyrrole nitrogens is 4. The van der Waals surface area contributed by atoms with E-state index in [9.17, 15) is 57.5 Å². The summed E-state index contributed by atoms with van der Waals surface area (Å²) in [6.07, 6.45) is 26.3. The van der Waals surface area contributed by atoms with Crippen LogP contribution >= 0.6 is 0 Å². The number of aromatic amines is 4. The number of likely N-dealkylation sites (tertiary alicyclic amines) is 3. The number of nitrogens with zero attached hydrogens (tertiary/aromatic N) is 15. The number of pyridine rings is 8. The number of carbonyl (C=O) groups is 12. The van der Waals surface area contributed by atoms with Crippen molar-refractivity contribution in [1.29, 1.82) is 0 Å². The summed E-state index contributed by atoms with van der Waals surface area (Å²) >= 11 is 0. The summed E-state index contributed by atoms with van der Waals surface area (Å²) in [5.41, 5.74) is 28.2. The van der Waals surface area contributed by atoms with Crippen molar-refractivity contribution in [2.45, 2.75) is 103 Å². The highest BCUT2D eigenvalue weighted by Crippen LogP contribution is 2.39. The number of anilines is 4. The van der Waals surface area contributed by atoms with E-state index in [1.54, 1.807) is 51.9 Å². The fourth-order valence-corrected chi connectivity index (χ4v) is 15.2. The number of ether oxygens (including phenoxy) is 4. The molecule has 0 radical (unpaired) electrons. The Hall–Kier alpha value is -16.1. The summed E-state index contributed by atoms with van der Waals surface area (Å²) in [4.78, 5) is 183. The first-order chi connectivity index (χ1) is 61.9. The van der Waals surface area contributed by atoms with E-state index in [1.807, 2.05) is 56.7 Å². The molecular formula is C84H94N28O17. The number of carboxylic acids is 1. The second kappa shape index (κ2) is 41.6. The SMILES string of the molecule is COc1ncc(NC(=O)C(=O)N2C[C@@H](C)CC[C@@H]2c2cnc3[nH]ncc3c2)cc1C(N)=O.COc1ncc(NC(=O)C(=O)N2C[C@@H](C)CC[C@@H]2c2cnc3[nH]ncc3c2)cc1C(N)=O.COc1ncc(NC(=O)C(=O)N2C[C@H](C)CC[C@H]2c2cnc3[nH]ncc3c2)cc1C(N)=O.COc1ncc(NC(=O)C(=O)O)cc1C(N)=O.C[C@H]1CC[C@H](c2cnc3[nH]ncc3c2)NC1. The Morgan fingerprint density at radius 2 is 0.605 bits per heavy atom. The molecule has 0 spiro atoms. The summed E-state index contributed by atoms with van der Waals surface area (Å²) < 4.78 is 19.8. The number of nitrogens with one attached hydrogen (secondary N) is 9. The van der Waals surface area contributed by atoms with Gasteiger partial charge in [0.2, 0.25) is 23.5 Å². The third-order valence-corrected chi connectivity index (χ3v) is 21.8. The monoisotopic (exact) mass is 1770 g/mol. The van der Waals surface area contributed by atoms with Gasteiger partial charge < -0.3 is 88.3 Å². The summed E-state index contributed by atoms with van der Waals surface area (Å²) in [6, 6.07) is 12.7. The zero-order valence-electron chi connectivity index (χ0n) is 71.1. The number of nitrogens with two attached hydrogens (primary N) is 4. The van der Waals surface area contributed by atoms with E-state index in [-0.39, 0.29) is 104 Å². The topological polar surface area (TPSA) is 654 Å². The molecule has 4 saturated heterocycles. The van der Waals surface area contributed by atoms with Gasteiger partial charge in [0.15, 0.2) is 22.6 Å². The van der Waals surface area contributed by atoms with Crippen LogP contribution in [-0.4, -0.2) is 226 Å². The molecule has 11 amide bonds. The predicted molar refractivity (Wildman–Crippen MR) is 463 cm³/mol. The highest BCUT2D eigenvalue weighted by molar-refractivity contribution is 6.41. The van der Waals surface area contributed by atoms with Gasteiger partial charge in [-0.2, -0.15) is 20.4 Å². The van der Waals surface area contributed by atoms with Crippen molar-refractivity contribution >= 4 is 138 Å². The number of aromatic nitrogens is 16. The molecule has 0 bridgehead atoms. The number of piperidine rings is 4. The van der Waals surface area contributed by atoms with E-state index in [4.69, 9.17) is 47.0 Å². The van der Waals surface area contributed by atoms with Gasteiger partial charge >= 0.3 is 47.3 Å². The molecule has 129 heavy (non-hydrogen) atoms. The summed E-state index contributed by atoms with van der Waals surface area (Å²) in [5.74, 6) is -8.86. The van der Waals surface area contributed by atoms with Crippen molar-refractivity contribution in [1.82, 2.24) is 101 Å². The van der Waals surface area contributed by atoms with Gasteiger partial charge in [0.25, 0.3) is 23.6 Å². The van der Waals surface area contributed by atoms with Crippen LogP contribution in [0.2, 0.25) is 0 Å². The second-order valence-corrected chi connectivity index (χ2v) is 31.1. The lowest BCUT2D eigenvalue weighted by Crippen LogP contribution is -2.46. The van der Waals surface area contributed by atoms with Gasteiger partial charge in [0, 0.05) is 72.0 Å². The smallest absolute Gasteiger partial charge is 0.394 e. The van der Waals surface area contributed by atoms with Gasteiger partial charge in [0.05, 0.1) is 119 Å². The molecule has 45 nitrogen and oxygen atoms in total. The first kappa shape index (κ1) is 92.1. The molecule has 4 fully saturated rings. The molecular weight excluding hydrogens is 1670 g/mol. The maximum absolute atomic E-state index is 13.1. The van der Waals surface area contributed by atoms with Crippen molar-refractivity contribution in [2.75, 3.05) is 75.9 Å². The number of rotatable bonds is 16. The van der Waals surface area contributed by atoms with E-state index >= 15 is 0 Å². The third kappa shape index (κ3) is 22.5. The maximum Gasteiger partial charge on any atom is 0.394 e. The molecule has 4 aliphatic heterocycles. The molecule has 0 aliphatic carbocycles. The Morgan fingerprint density at radius 1 is 0.341 bits per heavy atom. The van der Waals surface area contributed by atoms with Crippen LogP contribution in [-0.2, 0) is 38.4 Å². The van der Waals surface area contributed by atoms with E-state index in [0.717, 1.165) is 81.8 Å². The Morgan fingerprint density at radius 3 is 0.860 bits per heavy atom. The van der Waals surface area contributed by atoms with E-state index < -0.39 is 70.9 Å². The van der Waals surface area contributed by atoms with Crippen LogP contribution in [0.15, 0.2) is 123 Å². The van der Waals surface area contributed by atoms with E-state index in [1.165, 1.54) is 89.7 Å². The van der Waals surface area contributed by atoms with Gasteiger partial charge in [-0.25, -0.2) is 44.7 Å². The Balaban J connectivity index is 0.000000150. The Kier molecular flexibility index (Phi) is 29.7. The molecule has 16 rings (SSSR count). The quantitative estimate of drug-likeness (QED) is 0.0536. The third-order valence-electron chi connectivity index (χ3n) is 21.8. The van der Waals surface area contributed by atoms with Crippen LogP contribution in [0, 0.1) is 23.7 Å². The fourth-order valence-electron chi connectivity index (χ4n) is 15.2. The van der Waals surface area contributed by atoms with Gasteiger partial charge in [0.1, 0.15) is 22.3 Å². The molecule has 16 heterocycles. The van der Waals surface area contributed by atoms with Gasteiger partial charge in [-0.15, -0.1) is 0 Å². The van der Waals surface area contributed by atoms with E-state index in [2.05, 4.69) is 115 Å². The normalized spacial score (nSPS) is 18.2. The predicted octanol–water partition coefficient (Wildman–Crippen LogP) is 5.43. The lowest BCUT2D eigenvalue weighted by atomic mass is 9.90. The van der Waals surface area contributed by atoms with Crippen molar-refractivity contribution < 1.29 is 81.6 Å². The minimum atomic E-state index is -1.65. The van der Waals surface area contributed by atoms with Crippen molar-refractivity contribution in [3.05, 3.63) is 167 Å². The molecule has 0 saturated carbocycles. The number of hydrogen-bond acceptors (Lipinski definition) is 29. The summed E-state index contributed by atoms with van der Waals surface area (Å²) in [7, 11) is 5.35. The summed E-state index contributed by atoms with van der Waals surface area (Å²) in [5, 5.41) is 52.3. The number of carbonyl (C=O) groups excluding carboxylic acids is 11. The minimum Gasteiger partial charge on any atom is -0.480 e. The lowest BCUT2D eigenvalue weighted by molar-refractivity contribution is -0.147. The van der Waals surface area contributed by atoms with E-state index in [0.29, 0.717) is 61.9 Å². The van der Waals surface area contributed by atoms with Gasteiger partial charge in [-0.1, -0.05) is 27.7 Å². The van der Waals surface area contributed by atoms with Crippen molar-refractivity contribution in [3.8, 4) is 23.5 Å². The zero-order chi connectivity index (χ0) is 92.4. The van der Waals surface area contributed by atoms with Crippen LogP contribution in [0.1, 0.15) is 167 Å². The minimum absolute atomic E-state index is 0.00158. The van der Waals surface area contributed by atoms with Crippen LogP contribution in [0.3, 0.4) is 0 Å². The molecule has 8 atom stereocenters. The maximum atomic E-state index is 13.1. The van der Waals surface area contributed by atoms with Crippen LogP contribution in [0.5, 0.6) is 23.5 Å². The van der Waals surface area contributed by atoms with Crippen molar-refractivity contribution in [3.63, 3.8) is 0 Å². The lowest BCUT2D eigenvalue weighted by Gasteiger charge is -2.38. The molecule has 45 heteroatoms. The first-order valence-electron chi connectivity index (χ1n) is 40.5. The second-order valence-electron chi connectivity index (χ2n) is 31.1. The molecule has 0 aromatic carbocycles. The molecule has 12 aromatic rings. The summed E-state index contributed by atoms with van der Waals surface area (Å²) in [6.45, 7) is 10.8. The average Bonchev–Trinajstić information content (AvgIpc) is 1.79. The van der Waals surface area contributed by atoms with Crippen molar-refractivity contribution in [2.24, 2.45) is 46.6 Å². The first-order valence-corrected chi connectivity index (χ1v) is 40.5.